The van der Waals surface area contributed by atoms with Gasteiger partial charge in [-0.25, -0.2) is 9.78 Å². The Bertz CT molecular complexity index is 584. The van der Waals surface area contributed by atoms with E-state index in [2.05, 4.69) is 4.98 Å². The van der Waals surface area contributed by atoms with Crippen LogP contribution >= 0.6 is 0 Å². The lowest BCUT2D eigenvalue weighted by atomic mass is 10.2. The fourth-order valence-electron chi connectivity index (χ4n) is 1.73. The maximum Gasteiger partial charge on any atom is 0.354 e. The van der Waals surface area contributed by atoms with E-state index >= 15 is 0 Å². The van der Waals surface area contributed by atoms with Gasteiger partial charge in [0.15, 0.2) is 17.2 Å². The van der Waals surface area contributed by atoms with Crippen molar-refractivity contribution >= 4 is 5.97 Å². The van der Waals surface area contributed by atoms with Gasteiger partial charge in [0.05, 0.1) is 19.9 Å². The van der Waals surface area contributed by atoms with Crippen LogP contribution in [0.3, 0.4) is 0 Å². The van der Waals surface area contributed by atoms with E-state index in [1.54, 1.807) is 0 Å². The fourth-order valence-corrected chi connectivity index (χ4v) is 1.73. The third-order valence-electron chi connectivity index (χ3n) is 2.76. The molecule has 0 aliphatic carbocycles. The summed E-state index contributed by atoms with van der Waals surface area (Å²) in [6, 6.07) is 11.3. The zero-order valence-corrected chi connectivity index (χ0v) is 11.1. The largest absolute Gasteiger partial charge is 0.493 e. The Labute approximate surface area is 116 Å². The molecular weight excluding hydrogens is 258 g/mol. The molecule has 1 aromatic heterocycles. The summed E-state index contributed by atoms with van der Waals surface area (Å²) in [7, 11) is 1.46. The third kappa shape index (κ3) is 3.47. The number of carbonyl (C=O) groups is 1. The van der Waals surface area contributed by atoms with Gasteiger partial charge in [0, 0.05) is 12.5 Å². The van der Waals surface area contributed by atoms with E-state index in [0.29, 0.717) is 18.1 Å². The van der Waals surface area contributed by atoms with Gasteiger partial charge in [0.2, 0.25) is 0 Å². The van der Waals surface area contributed by atoms with E-state index in [1.807, 2.05) is 30.3 Å². The fraction of sp³-hybridized carbons (Fsp3) is 0.200. The van der Waals surface area contributed by atoms with Crippen LogP contribution in [0.2, 0.25) is 0 Å². The van der Waals surface area contributed by atoms with Crippen LogP contribution in [-0.4, -0.2) is 29.8 Å². The Balaban J connectivity index is 2.00. The van der Waals surface area contributed by atoms with Crippen LogP contribution in [0, 0.1) is 0 Å². The van der Waals surface area contributed by atoms with Crippen LogP contribution in [0.4, 0.5) is 0 Å². The molecule has 0 unspecified atom stereocenters. The highest BCUT2D eigenvalue weighted by molar-refractivity contribution is 5.86. The highest BCUT2D eigenvalue weighted by Gasteiger charge is 2.11. The molecular formula is C15H15NO4. The summed E-state index contributed by atoms with van der Waals surface area (Å²) in [5.74, 6) is -0.293. The molecule has 1 N–H and O–H groups in total. The van der Waals surface area contributed by atoms with Crippen LogP contribution in [-0.2, 0) is 6.42 Å². The Kier molecular flexibility index (Phi) is 4.55. The lowest BCUT2D eigenvalue weighted by Gasteiger charge is -2.10. The number of aromatic nitrogens is 1. The maximum atomic E-state index is 10.8. The molecule has 20 heavy (non-hydrogen) atoms. The second-order valence-electron chi connectivity index (χ2n) is 4.11. The SMILES string of the molecule is COc1cc(C(=O)O)ncc1OCCc1ccccc1. The lowest BCUT2D eigenvalue weighted by molar-refractivity contribution is 0.0690. The Morgan fingerprint density at radius 2 is 2.00 bits per heavy atom. The zero-order chi connectivity index (χ0) is 14.4. The van der Waals surface area contributed by atoms with E-state index < -0.39 is 5.97 Å². The van der Waals surface area contributed by atoms with Crippen molar-refractivity contribution in [3.63, 3.8) is 0 Å². The van der Waals surface area contributed by atoms with Gasteiger partial charge >= 0.3 is 5.97 Å². The second-order valence-corrected chi connectivity index (χ2v) is 4.11. The molecule has 0 saturated heterocycles. The molecule has 0 fully saturated rings. The van der Waals surface area contributed by atoms with Gasteiger partial charge in [-0.3, -0.25) is 0 Å². The minimum atomic E-state index is -1.10. The molecule has 5 heteroatoms. The summed E-state index contributed by atoms with van der Waals surface area (Å²) < 4.78 is 10.7. The number of rotatable bonds is 6. The number of benzene rings is 1. The molecule has 0 aliphatic heterocycles. The van der Waals surface area contributed by atoms with Gasteiger partial charge in [-0.15, -0.1) is 0 Å². The molecule has 0 spiro atoms. The molecule has 2 rings (SSSR count). The number of hydrogen-bond donors (Lipinski definition) is 1. The zero-order valence-electron chi connectivity index (χ0n) is 11.1. The van der Waals surface area contributed by atoms with Gasteiger partial charge < -0.3 is 14.6 Å². The van der Waals surface area contributed by atoms with Gasteiger partial charge in [-0.1, -0.05) is 30.3 Å². The monoisotopic (exact) mass is 273 g/mol. The first-order valence-corrected chi connectivity index (χ1v) is 6.14. The predicted molar refractivity (Wildman–Crippen MR) is 73.4 cm³/mol. The van der Waals surface area contributed by atoms with Gasteiger partial charge in [0.1, 0.15) is 0 Å². The molecule has 0 radical (unpaired) electrons. The summed E-state index contributed by atoms with van der Waals surface area (Å²) in [5, 5.41) is 8.86. The van der Waals surface area contributed by atoms with Gasteiger partial charge in [0.25, 0.3) is 0 Å². The minimum Gasteiger partial charge on any atom is -0.493 e. The van der Waals surface area contributed by atoms with E-state index in [4.69, 9.17) is 14.6 Å². The first-order valence-electron chi connectivity index (χ1n) is 6.14. The van der Waals surface area contributed by atoms with Crippen molar-refractivity contribution in [3.8, 4) is 11.5 Å². The standard InChI is InChI=1S/C15H15NO4/c1-19-13-9-12(15(17)18)16-10-14(13)20-8-7-11-5-3-2-4-6-11/h2-6,9-10H,7-8H2,1H3,(H,17,18). The van der Waals surface area contributed by atoms with Crippen molar-refractivity contribution in [1.29, 1.82) is 0 Å². The average molecular weight is 273 g/mol. The molecule has 1 heterocycles. The molecule has 2 aromatic rings. The molecule has 0 saturated carbocycles. The summed E-state index contributed by atoms with van der Waals surface area (Å²) in [4.78, 5) is 14.6. The molecule has 0 aliphatic rings. The summed E-state index contributed by atoms with van der Waals surface area (Å²) in [6.07, 6.45) is 2.12. The van der Waals surface area contributed by atoms with Gasteiger partial charge in [-0.05, 0) is 5.56 Å². The quantitative estimate of drug-likeness (QED) is 0.875. The third-order valence-corrected chi connectivity index (χ3v) is 2.76. The number of carboxylic acids is 1. The topological polar surface area (TPSA) is 68.7 Å². The van der Waals surface area contributed by atoms with E-state index in [0.717, 1.165) is 6.42 Å². The predicted octanol–water partition coefficient (Wildman–Crippen LogP) is 2.41. The number of ether oxygens (including phenoxy) is 2. The Morgan fingerprint density at radius 3 is 2.65 bits per heavy atom. The van der Waals surface area contributed by atoms with Crippen molar-refractivity contribution in [2.75, 3.05) is 13.7 Å². The first kappa shape index (κ1) is 13.9. The van der Waals surface area contributed by atoms with Crippen molar-refractivity contribution in [2.45, 2.75) is 6.42 Å². The molecule has 0 amide bonds. The molecule has 1 aromatic carbocycles. The Morgan fingerprint density at radius 1 is 1.25 bits per heavy atom. The average Bonchev–Trinajstić information content (AvgIpc) is 2.48. The van der Waals surface area contributed by atoms with Crippen LogP contribution < -0.4 is 9.47 Å². The number of methoxy groups -OCH3 is 1. The lowest BCUT2D eigenvalue weighted by Crippen LogP contribution is -2.05. The molecule has 0 bridgehead atoms. The number of hydrogen-bond acceptors (Lipinski definition) is 4. The van der Waals surface area contributed by atoms with Crippen LogP contribution in [0.5, 0.6) is 11.5 Å². The molecule has 0 atom stereocenters. The molecule has 104 valence electrons. The van der Waals surface area contributed by atoms with E-state index in [-0.39, 0.29) is 5.69 Å². The first-order chi connectivity index (χ1) is 9.70. The number of pyridine rings is 1. The normalized spacial score (nSPS) is 10.1. The van der Waals surface area contributed by atoms with Crippen LogP contribution in [0.25, 0.3) is 0 Å². The molecule has 5 nitrogen and oxygen atoms in total. The van der Waals surface area contributed by atoms with Crippen molar-refractivity contribution < 1.29 is 19.4 Å². The van der Waals surface area contributed by atoms with Crippen LogP contribution in [0.15, 0.2) is 42.6 Å². The van der Waals surface area contributed by atoms with Crippen LogP contribution in [0.1, 0.15) is 16.1 Å². The number of aromatic carboxylic acids is 1. The minimum absolute atomic E-state index is 0.0720. The summed E-state index contributed by atoms with van der Waals surface area (Å²) in [5.41, 5.74) is 1.10. The van der Waals surface area contributed by atoms with Crippen molar-refractivity contribution in [1.82, 2.24) is 4.98 Å². The van der Waals surface area contributed by atoms with Crippen molar-refractivity contribution in [2.24, 2.45) is 0 Å². The maximum absolute atomic E-state index is 10.8. The number of nitrogens with zero attached hydrogens (tertiary/aromatic N) is 1. The smallest absolute Gasteiger partial charge is 0.354 e. The van der Waals surface area contributed by atoms with E-state index in [1.165, 1.54) is 24.9 Å². The van der Waals surface area contributed by atoms with Crippen molar-refractivity contribution in [3.05, 3.63) is 53.9 Å². The highest BCUT2D eigenvalue weighted by Crippen LogP contribution is 2.26. The Hall–Kier alpha value is -2.56. The number of carboxylic acid groups (broad SMARTS) is 1. The van der Waals surface area contributed by atoms with Gasteiger partial charge in [-0.2, -0.15) is 0 Å². The second kappa shape index (κ2) is 6.56. The summed E-state index contributed by atoms with van der Waals surface area (Å²) in [6.45, 7) is 0.467. The highest BCUT2D eigenvalue weighted by atomic mass is 16.5. The van der Waals surface area contributed by atoms with E-state index in [9.17, 15) is 4.79 Å². The summed E-state index contributed by atoms with van der Waals surface area (Å²) >= 11 is 0.